The van der Waals surface area contributed by atoms with Crippen LogP contribution in [0.25, 0.3) is 0 Å². The first kappa shape index (κ1) is 11.5. The van der Waals surface area contributed by atoms with E-state index in [1.807, 2.05) is 4.90 Å². The number of hydrogen-bond donors (Lipinski definition) is 1. The van der Waals surface area contributed by atoms with Crippen LogP contribution in [-0.4, -0.2) is 36.1 Å². The van der Waals surface area contributed by atoms with Crippen LogP contribution >= 0.6 is 0 Å². The summed E-state index contributed by atoms with van der Waals surface area (Å²) in [5.41, 5.74) is 5.95. The number of fused-ring (bicyclic) bond motifs is 1. The van der Waals surface area contributed by atoms with Gasteiger partial charge in [0.1, 0.15) is 6.17 Å². The van der Waals surface area contributed by atoms with E-state index in [1.165, 1.54) is 0 Å². The average Bonchev–Trinajstić information content (AvgIpc) is 2.67. The molecule has 3 rings (SSSR count). The molecule has 2 saturated carbocycles. The van der Waals surface area contributed by atoms with Crippen LogP contribution in [0.15, 0.2) is 0 Å². The number of likely N-dealkylation sites (tertiary alicyclic amines) is 1. The number of carbonyl (C=O) groups excluding carboxylic acids is 1. The highest BCUT2D eigenvalue weighted by atomic mass is 19.1. The van der Waals surface area contributed by atoms with Gasteiger partial charge in [0.2, 0.25) is 5.91 Å². The first-order valence-electron chi connectivity index (χ1n) is 6.83. The smallest absolute Gasteiger partial charge is 0.225 e. The van der Waals surface area contributed by atoms with Crippen LogP contribution in [0.1, 0.15) is 32.1 Å². The Morgan fingerprint density at radius 2 is 1.88 bits per heavy atom. The third-order valence-corrected chi connectivity index (χ3v) is 4.96. The van der Waals surface area contributed by atoms with Gasteiger partial charge in [-0.15, -0.1) is 0 Å². The highest BCUT2D eigenvalue weighted by molar-refractivity contribution is 5.79. The minimum atomic E-state index is -0.702. The van der Waals surface area contributed by atoms with Crippen LogP contribution in [-0.2, 0) is 4.79 Å². The van der Waals surface area contributed by atoms with Gasteiger partial charge in [-0.2, -0.15) is 0 Å². The molecule has 3 nitrogen and oxygen atoms in total. The lowest BCUT2D eigenvalue weighted by Gasteiger charge is -2.37. The largest absolute Gasteiger partial charge is 0.342 e. The van der Waals surface area contributed by atoms with Crippen molar-refractivity contribution < 1.29 is 9.18 Å². The summed E-state index contributed by atoms with van der Waals surface area (Å²) in [5, 5.41) is 0. The number of nitrogens with zero attached hydrogens (tertiary/aromatic N) is 1. The molecule has 96 valence electrons. The van der Waals surface area contributed by atoms with Gasteiger partial charge in [0, 0.05) is 25.0 Å². The standard InChI is InChI=1S/C13H21FN2O/c14-10-1-3-16(4-2-10)13(17)9-5-8-7-12(15)11(8)6-9/h8-12H,1-7,15H2. The fraction of sp³-hybridized carbons (Fsp3) is 0.923. The molecule has 3 aliphatic rings. The van der Waals surface area contributed by atoms with Crippen molar-refractivity contribution in [3.63, 3.8) is 0 Å². The zero-order valence-corrected chi connectivity index (χ0v) is 10.1. The molecule has 4 unspecified atom stereocenters. The van der Waals surface area contributed by atoms with Crippen LogP contribution in [0, 0.1) is 17.8 Å². The van der Waals surface area contributed by atoms with Gasteiger partial charge in [0.15, 0.2) is 0 Å². The van der Waals surface area contributed by atoms with E-state index in [9.17, 15) is 9.18 Å². The number of nitrogens with two attached hydrogens (primary N) is 1. The van der Waals surface area contributed by atoms with E-state index in [4.69, 9.17) is 5.73 Å². The minimum absolute atomic E-state index is 0.176. The number of carbonyl (C=O) groups is 1. The number of piperidine rings is 1. The zero-order valence-electron chi connectivity index (χ0n) is 10.1. The zero-order chi connectivity index (χ0) is 12.0. The van der Waals surface area contributed by atoms with Crippen LogP contribution in [0.5, 0.6) is 0 Å². The lowest BCUT2D eigenvalue weighted by Crippen LogP contribution is -2.44. The molecule has 4 heteroatoms. The predicted octanol–water partition coefficient (Wildman–Crippen LogP) is 1.32. The van der Waals surface area contributed by atoms with Crippen molar-refractivity contribution in [3.8, 4) is 0 Å². The van der Waals surface area contributed by atoms with Crippen molar-refractivity contribution >= 4 is 5.91 Å². The topological polar surface area (TPSA) is 46.3 Å². The second-order valence-electron chi connectivity index (χ2n) is 5.99. The summed E-state index contributed by atoms with van der Waals surface area (Å²) in [4.78, 5) is 14.2. The van der Waals surface area contributed by atoms with Gasteiger partial charge < -0.3 is 10.6 Å². The molecule has 3 fully saturated rings. The van der Waals surface area contributed by atoms with Crippen LogP contribution in [0.4, 0.5) is 4.39 Å². The molecule has 4 atom stereocenters. The summed E-state index contributed by atoms with van der Waals surface area (Å²) in [6.07, 6.45) is 3.43. The van der Waals surface area contributed by atoms with Gasteiger partial charge in [0.05, 0.1) is 0 Å². The molecule has 1 saturated heterocycles. The maximum Gasteiger partial charge on any atom is 0.225 e. The van der Waals surface area contributed by atoms with E-state index in [0.29, 0.717) is 43.8 Å². The molecule has 2 N–H and O–H groups in total. The number of halogens is 1. The molecule has 1 amide bonds. The Kier molecular flexibility index (Phi) is 2.85. The summed E-state index contributed by atoms with van der Waals surface area (Å²) >= 11 is 0. The fourth-order valence-corrected chi connectivity index (χ4v) is 3.81. The Labute approximate surface area is 102 Å². The normalized spacial score (nSPS) is 42.1. The highest BCUT2D eigenvalue weighted by Crippen LogP contribution is 2.49. The van der Waals surface area contributed by atoms with E-state index in [2.05, 4.69) is 0 Å². The Morgan fingerprint density at radius 3 is 2.47 bits per heavy atom. The summed E-state index contributed by atoms with van der Waals surface area (Å²) in [6.45, 7) is 1.22. The van der Waals surface area contributed by atoms with Crippen LogP contribution in [0.2, 0.25) is 0 Å². The summed E-state index contributed by atoms with van der Waals surface area (Å²) < 4.78 is 13.0. The molecule has 0 aromatic heterocycles. The summed E-state index contributed by atoms with van der Waals surface area (Å²) in [7, 11) is 0. The maximum absolute atomic E-state index is 13.0. The molecule has 0 bridgehead atoms. The van der Waals surface area contributed by atoms with Crippen molar-refractivity contribution in [2.75, 3.05) is 13.1 Å². The Morgan fingerprint density at radius 1 is 1.18 bits per heavy atom. The molecule has 0 aromatic carbocycles. The molecular formula is C13H21FN2O. The lowest BCUT2D eigenvalue weighted by molar-refractivity contribution is -0.136. The van der Waals surface area contributed by atoms with Crippen LogP contribution in [0.3, 0.4) is 0 Å². The molecule has 0 aromatic rings. The Hall–Kier alpha value is -0.640. The highest BCUT2D eigenvalue weighted by Gasteiger charge is 2.48. The number of rotatable bonds is 1. The second kappa shape index (κ2) is 4.23. The molecule has 1 aliphatic heterocycles. The molecule has 17 heavy (non-hydrogen) atoms. The van der Waals surface area contributed by atoms with Gasteiger partial charge in [-0.05, 0) is 43.9 Å². The minimum Gasteiger partial charge on any atom is -0.342 e. The van der Waals surface area contributed by atoms with Crippen molar-refractivity contribution in [2.45, 2.75) is 44.3 Å². The number of amides is 1. The Bertz CT molecular complexity index is 315. The van der Waals surface area contributed by atoms with E-state index in [1.54, 1.807) is 0 Å². The lowest BCUT2D eigenvalue weighted by atomic mass is 9.72. The van der Waals surface area contributed by atoms with Crippen LogP contribution < -0.4 is 5.73 Å². The molecular weight excluding hydrogens is 219 g/mol. The monoisotopic (exact) mass is 240 g/mol. The summed E-state index contributed by atoms with van der Waals surface area (Å²) in [5.74, 6) is 1.72. The molecule has 1 heterocycles. The van der Waals surface area contributed by atoms with Crippen molar-refractivity contribution in [1.29, 1.82) is 0 Å². The van der Waals surface area contributed by atoms with E-state index < -0.39 is 6.17 Å². The Balaban J connectivity index is 1.56. The van der Waals surface area contributed by atoms with Gasteiger partial charge in [-0.1, -0.05) is 0 Å². The first-order valence-corrected chi connectivity index (χ1v) is 6.83. The molecule has 0 radical (unpaired) electrons. The fourth-order valence-electron chi connectivity index (χ4n) is 3.81. The van der Waals surface area contributed by atoms with Gasteiger partial charge >= 0.3 is 0 Å². The maximum atomic E-state index is 13.0. The van der Waals surface area contributed by atoms with E-state index in [-0.39, 0.29) is 11.8 Å². The quantitative estimate of drug-likeness (QED) is 0.751. The number of hydrogen-bond acceptors (Lipinski definition) is 2. The molecule has 0 spiro atoms. The number of alkyl halides is 1. The van der Waals surface area contributed by atoms with Crippen molar-refractivity contribution in [2.24, 2.45) is 23.5 Å². The van der Waals surface area contributed by atoms with Crippen molar-refractivity contribution in [3.05, 3.63) is 0 Å². The van der Waals surface area contributed by atoms with Gasteiger partial charge in [-0.3, -0.25) is 4.79 Å². The first-order chi connectivity index (χ1) is 8.15. The molecule has 2 aliphatic carbocycles. The van der Waals surface area contributed by atoms with E-state index >= 15 is 0 Å². The summed E-state index contributed by atoms with van der Waals surface area (Å²) in [6, 6.07) is 0.328. The third kappa shape index (κ3) is 1.96. The second-order valence-corrected chi connectivity index (χ2v) is 5.99. The van der Waals surface area contributed by atoms with Crippen molar-refractivity contribution in [1.82, 2.24) is 4.90 Å². The third-order valence-electron chi connectivity index (χ3n) is 4.96. The SMILES string of the molecule is NC1CC2CC(C(=O)N3CCC(F)CC3)CC12. The van der Waals surface area contributed by atoms with Gasteiger partial charge in [0.25, 0.3) is 0 Å². The van der Waals surface area contributed by atoms with Gasteiger partial charge in [-0.25, -0.2) is 4.39 Å². The van der Waals surface area contributed by atoms with E-state index in [0.717, 1.165) is 19.3 Å². The predicted molar refractivity (Wildman–Crippen MR) is 63.0 cm³/mol. The average molecular weight is 240 g/mol.